The third-order valence-corrected chi connectivity index (χ3v) is 8.33. The van der Waals surface area contributed by atoms with E-state index < -0.39 is 40.2 Å². The molecule has 1 saturated carbocycles. The molecule has 2 N–H and O–H groups in total. The van der Waals surface area contributed by atoms with Gasteiger partial charge in [-0.2, -0.15) is 4.31 Å². The first kappa shape index (κ1) is 26.1. The van der Waals surface area contributed by atoms with Crippen LogP contribution in [-0.2, 0) is 14.8 Å². The van der Waals surface area contributed by atoms with Gasteiger partial charge >= 0.3 is 12.5 Å². The summed E-state index contributed by atoms with van der Waals surface area (Å²) >= 11 is 0. The Morgan fingerprint density at radius 2 is 1.88 bits per heavy atom. The van der Waals surface area contributed by atoms with Gasteiger partial charge in [-0.25, -0.2) is 13.2 Å². The summed E-state index contributed by atoms with van der Waals surface area (Å²) < 4.78 is 68.2. The number of carbonyl (C=O) groups excluding carboxylic acids is 1. The summed E-state index contributed by atoms with van der Waals surface area (Å²) in [4.78, 5) is 25.0. The Labute approximate surface area is 195 Å². The topological polar surface area (TPSA) is 116 Å². The van der Waals surface area contributed by atoms with Gasteiger partial charge in [0.15, 0.2) is 0 Å². The van der Waals surface area contributed by atoms with Crippen molar-refractivity contribution in [1.82, 2.24) is 14.5 Å². The minimum Gasteiger partial charge on any atom is -0.465 e. The molecule has 9 nitrogen and oxygen atoms in total. The van der Waals surface area contributed by atoms with Gasteiger partial charge in [-0.1, -0.05) is 13.3 Å². The molecule has 1 aliphatic heterocycles. The van der Waals surface area contributed by atoms with Crippen LogP contribution in [0.2, 0.25) is 0 Å². The van der Waals surface area contributed by atoms with Crippen molar-refractivity contribution in [2.45, 2.75) is 55.9 Å². The highest BCUT2D eigenvalue weighted by molar-refractivity contribution is 7.89. The van der Waals surface area contributed by atoms with Crippen LogP contribution in [0.5, 0.6) is 5.75 Å². The van der Waals surface area contributed by atoms with E-state index in [0.29, 0.717) is 25.7 Å². The van der Waals surface area contributed by atoms with Crippen molar-refractivity contribution in [3.8, 4) is 5.75 Å². The molecular formula is C21H28F3N3O6S. The second-order valence-electron chi connectivity index (χ2n) is 8.66. The van der Waals surface area contributed by atoms with E-state index >= 15 is 0 Å². The number of halogens is 3. The molecule has 2 fully saturated rings. The number of alkyl halides is 3. The quantitative estimate of drug-likeness (QED) is 0.559. The second-order valence-corrected chi connectivity index (χ2v) is 10.6. The van der Waals surface area contributed by atoms with E-state index in [-0.39, 0.29) is 35.9 Å². The fraction of sp³-hybridized carbons (Fsp3) is 0.619. The van der Waals surface area contributed by atoms with Gasteiger partial charge < -0.3 is 15.2 Å². The number of amides is 2. The molecule has 0 spiro atoms. The monoisotopic (exact) mass is 507 g/mol. The Kier molecular flexibility index (Phi) is 7.65. The van der Waals surface area contributed by atoms with Gasteiger partial charge in [0.1, 0.15) is 11.8 Å². The predicted octanol–water partition coefficient (Wildman–Crippen LogP) is 2.88. The molecule has 13 heteroatoms. The van der Waals surface area contributed by atoms with Crippen molar-refractivity contribution in [3.63, 3.8) is 0 Å². The SMILES string of the molecule is CCCC(C(=O)N[C@H]1CC[C@@H]2CN(S(=O)(=O)c3ccc(OC(F)(F)F)cc3)C[C@@H]21)N(C)C(=O)O. The van der Waals surface area contributed by atoms with Crippen molar-refractivity contribution in [2.75, 3.05) is 20.1 Å². The van der Waals surface area contributed by atoms with Crippen molar-refractivity contribution in [2.24, 2.45) is 11.8 Å². The molecular weight excluding hydrogens is 479 g/mol. The lowest BCUT2D eigenvalue weighted by Crippen LogP contribution is -2.51. The normalized spacial score (nSPS) is 23.9. The van der Waals surface area contributed by atoms with Gasteiger partial charge in [0.2, 0.25) is 15.9 Å². The van der Waals surface area contributed by atoms with Crippen LogP contribution in [-0.4, -0.2) is 73.3 Å². The molecule has 1 aromatic carbocycles. The van der Waals surface area contributed by atoms with E-state index in [9.17, 15) is 36.3 Å². The van der Waals surface area contributed by atoms with Gasteiger partial charge in [0.25, 0.3) is 0 Å². The summed E-state index contributed by atoms with van der Waals surface area (Å²) in [7, 11) is -2.60. The number of likely N-dealkylation sites (N-methyl/N-ethyl adjacent to an activating group) is 1. The molecule has 4 atom stereocenters. The van der Waals surface area contributed by atoms with Gasteiger partial charge in [-0.3, -0.25) is 9.69 Å². The molecule has 0 aromatic heterocycles. The average Bonchev–Trinajstić information content (AvgIpc) is 3.33. The van der Waals surface area contributed by atoms with Crippen LogP contribution in [0.4, 0.5) is 18.0 Å². The van der Waals surface area contributed by atoms with Crippen LogP contribution in [0.25, 0.3) is 0 Å². The van der Waals surface area contributed by atoms with Crippen molar-refractivity contribution in [3.05, 3.63) is 24.3 Å². The molecule has 1 aliphatic carbocycles. The largest absolute Gasteiger partial charge is 0.573 e. The first-order chi connectivity index (χ1) is 15.8. The maximum Gasteiger partial charge on any atom is 0.573 e. The minimum absolute atomic E-state index is 0.0229. The van der Waals surface area contributed by atoms with Crippen molar-refractivity contribution < 1.29 is 41.0 Å². The molecule has 2 amide bonds. The van der Waals surface area contributed by atoms with Crippen molar-refractivity contribution in [1.29, 1.82) is 0 Å². The van der Waals surface area contributed by atoms with E-state index in [1.165, 1.54) is 11.4 Å². The third-order valence-electron chi connectivity index (χ3n) is 6.48. The van der Waals surface area contributed by atoms with Crippen LogP contribution in [0.1, 0.15) is 32.6 Å². The summed E-state index contributed by atoms with van der Waals surface area (Å²) in [5.41, 5.74) is 0. The first-order valence-corrected chi connectivity index (χ1v) is 12.4. The maximum absolute atomic E-state index is 13.1. The first-order valence-electron chi connectivity index (χ1n) is 11.0. The number of carboxylic acid groups (broad SMARTS) is 1. The Bertz CT molecular complexity index is 1000. The zero-order chi connectivity index (χ0) is 25.3. The third kappa shape index (κ3) is 5.74. The van der Waals surface area contributed by atoms with E-state index in [4.69, 9.17) is 0 Å². The molecule has 3 rings (SSSR count). The number of nitrogens with one attached hydrogen (secondary N) is 1. The molecule has 1 aromatic rings. The lowest BCUT2D eigenvalue weighted by atomic mass is 9.97. The number of hydrogen-bond donors (Lipinski definition) is 2. The highest BCUT2D eigenvalue weighted by Crippen LogP contribution is 2.40. The fourth-order valence-electron chi connectivity index (χ4n) is 4.75. The van der Waals surface area contributed by atoms with Crippen LogP contribution < -0.4 is 10.1 Å². The van der Waals surface area contributed by atoms with E-state index in [0.717, 1.165) is 29.2 Å². The number of hydrogen-bond acceptors (Lipinski definition) is 5. The Balaban J connectivity index is 1.67. The summed E-state index contributed by atoms with van der Waals surface area (Å²) in [6, 6.07) is 2.92. The van der Waals surface area contributed by atoms with E-state index in [1.54, 1.807) is 0 Å². The summed E-state index contributed by atoms with van der Waals surface area (Å²) in [5, 5.41) is 12.2. The number of nitrogens with zero attached hydrogens (tertiary/aromatic N) is 2. The van der Waals surface area contributed by atoms with Crippen LogP contribution in [0.3, 0.4) is 0 Å². The molecule has 1 saturated heterocycles. The second kappa shape index (κ2) is 9.98. The molecule has 0 radical (unpaired) electrons. The minimum atomic E-state index is -4.87. The van der Waals surface area contributed by atoms with Crippen LogP contribution in [0.15, 0.2) is 29.2 Å². The molecule has 1 heterocycles. The fourth-order valence-corrected chi connectivity index (χ4v) is 6.28. The number of benzene rings is 1. The number of rotatable bonds is 8. The number of carbonyl (C=O) groups is 2. The summed E-state index contributed by atoms with van der Waals surface area (Å²) in [5.74, 6) is -1.03. The number of sulfonamides is 1. The molecule has 0 bridgehead atoms. The Morgan fingerprint density at radius 3 is 2.44 bits per heavy atom. The van der Waals surface area contributed by atoms with Gasteiger partial charge in [-0.15, -0.1) is 13.2 Å². The zero-order valence-electron chi connectivity index (χ0n) is 18.8. The lowest BCUT2D eigenvalue weighted by molar-refractivity contribution is -0.274. The Morgan fingerprint density at radius 1 is 1.24 bits per heavy atom. The average molecular weight is 508 g/mol. The summed E-state index contributed by atoms with van der Waals surface area (Å²) in [6.45, 7) is 2.25. The van der Waals surface area contributed by atoms with Gasteiger partial charge in [0.05, 0.1) is 4.90 Å². The molecule has 2 aliphatic rings. The standard InChI is InChI=1S/C21H28F3N3O6S/c1-3-4-18(26(2)20(29)30)19(28)25-17-10-5-13-11-27(12-16(13)17)34(31,32)15-8-6-14(7-9-15)33-21(22,23)24/h6-9,13,16-18H,3-5,10-12H2,1-2H3,(H,25,28)(H,29,30)/t13-,16+,17+,18?/m1/s1. The van der Waals surface area contributed by atoms with E-state index in [2.05, 4.69) is 10.1 Å². The number of ether oxygens (including phenoxy) is 1. The van der Waals surface area contributed by atoms with E-state index in [1.807, 2.05) is 6.92 Å². The van der Waals surface area contributed by atoms with Crippen LogP contribution in [0, 0.1) is 11.8 Å². The van der Waals surface area contributed by atoms with Crippen molar-refractivity contribution >= 4 is 22.0 Å². The molecule has 190 valence electrons. The molecule has 1 unspecified atom stereocenters. The zero-order valence-corrected chi connectivity index (χ0v) is 19.6. The van der Waals surface area contributed by atoms with Gasteiger partial charge in [-0.05, 0) is 55.4 Å². The summed E-state index contributed by atoms with van der Waals surface area (Å²) in [6.07, 6.45) is -3.74. The molecule has 34 heavy (non-hydrogen) atoms. The highest BCUT2D eigenvalue weighted by atomic mass is 32.2. The number of fused-ring (bicyclic) bond motifs is 1. The Hall–Kier alpha value is -2.54. The maximum atomic E-state index is 13.1. The van der Waals surface area contributed by atoms with Crippen LogP contribution >= 0.6 is 0 Å². The smallest absolute Gasteiger partial charge is 0.465 e. The lowest BCUT2D eigenvalue weighted by Gasteiger charge is -2.28. The highest BCUT2D eigenvalue weighted by Gasteiger charge is 2.47. The van der Waals surface area contributed by atoms with Gasteiger partial charge in [0, 0.05) is 26.2 Å². The predicted molar refractivity (Wildman–Crippen MR) is 115 cm³/mol.